The minimum Gasteiger partial charge on any atom is -0.478 e. The Morgan fingerprint density at radius 3 is 2.52 bits per heavy atom. The maximum atomic E-state index is 11.8. The van der Waals surface area contributed by atoms with Crippen LogP contribution in [0.1, 0.15) is 62.6 Å². The van der Waals surface area contributed by atoms with E-state index in [0.29, 0.717) is 23.6 Å². The highest BCUT2D eigenvalue weighted by Crippen LogP contribution is 2.40. The van der Waals surface area contributed by atoms with Gasteiger partial charge in [-0.05, 0) is 78.9 Å². The van der Waals surface area contributed by atoms with Gasteiger partial charge in [0.1, 0.15) is 0 Å². The molecule has 2 aromatic heterocycles. The maximum Gasteiger partial charge on any atom is 0.337 e. The number of nitrogens with zero attached hydrogens (tertiary/aromatic N) is 2. The number of carboxylic acid groups (broad SMARTS) is 1. The summed E-state index contributed by atoms with van der Waals surface area (Å²) in [6.07, 6.45) is 6.77. The number of hydrogen-bond acceptors (Lipinski definition) is 2. The van der Waals surface area contributed by atoms with E-state index in [1.54, 1.807) is 0 Å². The second-order valence-corrected chi connectivity index (χ2v) is 8.85. The number of aryl methyl sites for hydroxylation is 2. The van der Waals surface area contributed by atoms with Crippen LogP contribution in [-0.4, -0.2) is 20.6 Å². The van der Waals surface area contributed by atoms with Gasteiger partial charge in [-0.3, -0.25) is 4.98 Å². The van der Waals surface area contributed by atoms with E-state index in [1.807, 2.05) is 12.3 Å². The lowest BCUT2D eigenvalue weighted by Crippen LogP contribution is -2.07. The molecular formula is C27H26N2O2. The molecule has 0 radical (unpaired) electrons. The standard InChI is InChI=1S/C27H26N2O2/c1-17-9-18(2)11-20(10-17)16-29-8-7-22-12-19(3-6-26(22)29)13-25-24(27(30)31)14-23(15-28-25)21-4-5-21/h3,6-12,14-15,21H,4-5,13,16H2,1-2H3,(H,30,31). The van der Waals surface area contributed by atoms with Gasteiger partial charge in [-0.2, -0.15) is 0 Å². The second-order valence-electron chi connectivity index (χ2n) is 8.85. The van der Waals surface area contributed by atoms with Crippen LogP contribution < -0.4 is 0 Å². The van der Waals surface area contributed by atoms with Crippen molar-refractivity contribution < 1.29 is 9.90 Å². The average Bonchev–Trinajstić information content (AvgIpc) is 3.50. The van der Waals surface area contributed by atoms with Gasteiger partial charge in [0, 0.05) is 30.9 Å². The molecule has 0 atom stereocenters. The third-order valence-corrected chi connectivity index (χ3v) is 6.11. The van der Waals surface area contributed by atoms with Crippen molar-refractivity contribution in [1.29, 1.82) is 0 Å². The van der Waals surface area contributed by atoms with Crippen LogP contribution in [0.4, 0.5) is 0 Å². The Morgan fingerprint density at radius 1 is 1.03 bits per heavy atom. The molecule has 0 aliphatic heterocycles. The Hall–Kier alpha value is -3.40. The zero-order valence-electron chi connectivity index (χ0n) is 17.9. The summed E-state index contributed by atoms with van der Waals surface area (Å²) in [5.74, 6) is -0.404. The smallest absolute Gasteiger partial charge is 0.337 e. The van der Waals surface area contributed by atoms with Crippen LogP contribution in [0.15, 0.2) is 60.9 Å². The fourth-order valence-corrected chi connectivity index (χ4v) is 4.52. The molecule has 4 nitrogen and oxygen atoms in total. The highest BCUT2D eigenvalue weighted by molar-refractivity contribution is 5.89. The van der Waals surface area contributed by atoms with Crippen LogP contribution >= 0.6 is 0 Å². The summed E-state index contributed by atoms with van der Waals surface area (Å²) in [5, 5.41) is 10.8. The van der Waals surface area contributed by atoms with E-state index in [9.17, 15) is 9.90 Å². The lowest BCUT2D eigenvalue weighted by molar-refractivity contribution is 0.0695. The summed E-state index contributed by atoms with van der Waals surface area (Å²) in [4.78, 5) is 16.3. The first-order valence-corrected chi connectivity index (χ1v) is 10.8. The van der Waals surface area contributed by atoms with Crippen LogP contribution in [0, 0.1) is 13.8 Å². The normalized spacial score (nSPS) is 13.6. The van der Waals surface area contributed by atoms with Crippen LogP contribution in [0.2, 0.25) is 0 Å². The number of benzene rings is 2. The topological polar surface area (TPSA) is 55.1 Å². The van der Waals surface area contributed by atoms with Crippen molar-refractivity contribution in [2.45, 2.75) is 45.6 Å². The predicted octanol–water partition coefficient (Wildman–Crippen LogP) is 5.87. The molecule has 2 aromatic carbocycles. The molecule has 4 aromatic rings. The number of pyridine rings is 1. The van der Waals surface area contributed by atoms with Gasteiger partial charge in [-0.15, -0.1) is 0 Å². The number of fused-ring (bicyclic) bond motifs is 1. The van der Waals surface area contributed by atoms with Crippen LogP contribution in [-0.2, 0) is 13.0 Å². The molecule has 31 heavy (non-hydrogen) atoms. The molecule has 4 heteroatoms. The minimum absolute atomic E-state index is 0.330. The Morgan fingerprint density at radius 2 is 1.81 bits per heavy atom. The molecule has 5 rings (SSSR count). The number of aromatic nitrogens is 2. The third-order valence-electron chi connectivity index (χ3n) is 6.11. The first-order valence-electron chi connectivity index (χ1n) is 10.8. The van der Waals surface area contributed by atoms with Gasteiger partial charge in [0.05, 0.1) is 11.3 Å². The minimum atomic E-state index is -0.898. The zero-order chi connectivity index (χ0) is 21.5. The fraction of sp³-hybridized carbons (Fsp3) is 0.259. The van der Waals surface area contributed by atoms with Crippen molar-refractivity contribution in [2.24, 2.45) is 0 Å². The number of hydrogen-bond donors (Lipinski definition) is 1. The first kappa shape index (κ1) is 19.6. The summed E-state index contributed by atoms with van der Waals surface area (Å²) >= 11 is 0. The van der Waals surface area contributed by atoms with E-state index in [4.69, 9.17) is 0 Å². The van der Waals surface area contributed by atoms with Gasteiger partial charge >= 0.3 is 5.97 Å². The van der Waals surface area contributed by atoms with Crippen molar-refractivity contribution in [3.05, 3.63) is 100.0 Å². The van der Waals surface area contributed by atoms with Crippen molar-refractivity contribution in [3.8, 4) is 0 Å². The highest BCUT2D eigenvalue weighted by atomic mass is 16.4. The summed E-state index contributed by atoms with van der Waals surface area (Å²) in [7, 11) is 0. The molecule has 1 fully saturated rings. The van der Waals surface area contributed by atoms with Crippen molar-refractivity contribution in [2.75, 3.05) is 0 Å². The Labute approximate surface area is 182 Å². The fourth-order valence-electron chi connectivity index (χ4n) is 4.52. The van der Waals surface area contributed by atoms with E-state index >= 15 is 0 Å². The van der Waals surface area contributed by atoms with Crippen LogP contribution in [0.25, 0.3) is 10.9 Å². The predicted molar refractivity (Wildman–Crippen MR) is 123 cm³/mol. The van der Waals surface area contributed by atoms with E-state index in [2.05, 4.69) is 72.1 Å². The van der Waals surface area contributed by atoms with E-state index < -0.39 is 5.97 Å². The molecule has 1 aliphatic rings. The molecular weight excluding hydrogens is 384 g/mol. The number of carboxylic acids is 1. The van der Waals surface area contributed by atoms with Gasteiger partial charge in [0.25, 0.3) is 0 Å². The van der Waals surface area contributed by atoms with Gasteiger partial charge in [0.15, 0.2) is 0 Å². The summed E-state index contributed by atoms with van der Waals surface area (Å²) in [6, 6.07) is 17.0. The van der Waals surface area contributed by atoms with Crippen LogP contribution in [0.5, 0.6) is 0 Å². The highest BCUT2D eigenvalue weighted by Gasteiger charge is 2.25. The van der Waals surface area contributed by atoms with Crippen molar-refractivity contribution >= 4 is 16.9 Å². The lowest BCUT2D eigenvalue weighted by Gasteiger charge is -2.10. The summed E-state index contributed by atoms with van der Waals surface area (Å²) in [6.45, 7) is 5.10. The van der Waals surface area contributed by atoms with E-state index in [1.165, 1.54) is 22.2 Å². The molecule has 1 aliphatic carbocycles. The lowest BCUT2D eigenvalue weighted by atomic mass is 10.0. The average molecular weight is 411 g/mol. The molecule has 156 valence electrons. The largest absolute Gasteiger partial charge is 0.478 e. The summed E-state index contributed by atoms with van der Waals surface area (Å²) < 4.78 is 2.26. The molecule has 0 amide bonds. The molecule has 0 bridgehead atoms. The van der Waals surface area contributed by atoms with Crippen molar-refractivity contribution in [3.63, 3.8) is 0 Å². The molecule has 2 heterocycles. The monoisotopic (exact) mass is 410 g/mol. The Kier molecular flexibility index (Phi) is 4.85. The second kappa shape index (κ2) is 7.69. The van der Waals surface area contributed by atoms with Crippen LogP contribution in [0.3, 0.4) is 0 Å². The van der Waals surface area contributed by atoms with Gasteiger partial charge in [-0.25, -0.2) is 4.79 Å². The number of rotatable bonds is 6. The van der Waals surface area contributed by atoms with Gasteiger partial charge in [-0.1, -0.05) is 35.4 Å². The molecule has 1 N–H and O–H groups in total. The molecule has 0 saturated heterocycles. The first-order chi connectivity index (χ1) is 15.0. The third kappa shape index (κ3) is 4.11. The van der Waals surface area contributed by atoms with E-state index in [-0.39, 0.29) is 0 Å². The van der Waals surface area contributed by atoms with Gasteiger partial charge in [0.2, 0.25) is 0 Å². The number of carbonyl (C=O) groups is 1. The summed E-state index contributed by atoms with van der Waals surface area (Å²) in [5.41, 5.74) is 8.13. The quantitative estimate of drug-likeness (QED) is 0.433. The maximum absolute atomic E-state index is 11.8. The molecule has 0 unspecified atom stereocenters. The Bertz CT molecular complexity index is 1280. The van der Waals surface area contributed by atoms with E-state index in [0.717, 1.165) is 35.9 Å². The van der Waals surface area contributed by atoms with Gasteiger partial charge < -0.3 is 9.67 Å². The van der Waals surface area contributed by atoms with Crippen molar-refractivity contribution in [1.82, 2.24) is 9.55 Å². The number of aromatic carboxylic acids is 1. The molecule has 0 spiro atoms. The molecule has 1 saturated carbocycles. The Balaban J connectivity index is 1.42. The zero-order valence-corrected chi connectivity index (χ0v) is 17.9. The SMILES string of the molecule is Cc1cc(C)cc(Cn2ccc3cc(Cc4ncc(C5CC5)cc4C(=O)O)ccc32)c1.